The predicted octanol–water partition coefficient (Wildman–Crippen LogP) is 3.60. The molecular weight excluding hydrogens is 290 g/mol. The second-order valence-corrected chi connectivity index (χ2v) is 5.21. The zero-order valence-electron chi connectivity index (χ0n) is 12.2. The van der Waals surface area contributed by atoms with Gasteiger partial charge < -0.3 is 10.4 Å². The minimum Gasteiger partial charge on any atom is -0.478 e. The zero-order chi connectivity index (χ0) is 15.8. The van der Waals surface area contributed by atoms with Gasteiger partial charge in [-0.3, -0.25) is 4.79 Å². The van der Waals surface area contributed by atoms with Gasteiger partial charge in [0, 0.05) is 23.2 Å². The number of amides is 1. The molecule has 4 nitrogen and oxygen atoms in total. The summed E-state index contributed by atoms with van der Waals surface area (Å²) >= 11 is 6.05. The predicted molar refractivity (Wildman–Crippen MR) is 84.5 cm³/mol. The van der Waals surface area contributed by atoms with Crippen LogP contribution >= 0.6 is 11.6 Å². The van der Waals surface area contributed by atoms with Crippen LogP contribution in [0.15, 0.2) is 24.3 Å². The lowest BCUT2D eigenvalue weighted by molar-refractivity contribution is -0.131. The molecule has 0 aromatic heterocycles. The Balaban J connectivity index is 2.74. The Bertz CT molecular complexity index is 536. The zero-order valence-corrected chi connectivity index (χ0v) is 13.0. The van der Waals surface area contributed by atoms with Gasteiger partial charge >= 0.3 is 5.97 Å². The Kier molecular flexibility index (Phi) is 6.96. The summed E-state index contributed by atoms with van der Waals surface area (Å²) in [5.41, 5.74) is 1.04. The number of carboxylic acid groups (broad SMARTS) is 1. The highest BCUT2D eigenvalue weighted by molar-refractivity contribution is 6.32. The molecule has 0 aliphatic carbocycles. The van der Waals surface area contributed by atoms with Gasteiger partial charge in [0.15, 0.2) is 0 Å². The van der Waals surface area contributed by atoms with Crippen molar-refractivity contribution in [3.8, 4) is 0 Å². The van der Waals surface area contributed by atoms with Crippen LogP contribution in [-0.2, 0) is 4.79 Å². The lowest BCUT2D eigenvalue weighted by Gasteiger charge is -2.13. The molecule has 1 rings (SSSR count). The van der Waals surface area contributed by atoms with Gasteiger partial charge in [-0.1, -0.05) is 44.4 Å². The van der Waals surface area contributed by atoms with E-state index in [1.165, 1.54) is 6.08 Å². The third kappa shape index (κ3) is 5.60. The van der Waals surface area contributed by atoms with Crippen molar-refractivity contribution in [1.82, 2.24) is 5.32 Å². The van der Waals surface area contributed by atoms with E-state index >= 15 is 0 Å². The maximum atomic E-state index is 12.0. The molecule has 1 amide bonds. The number of carbonyl (C=O) groups is 2. The molecule has 5 heteroatoms. The fourth-order valence-electron chi connectivity index (χ4n) is 1.88. The molecular formula is C16H20ClNO3. The van der Waals surface area contributed by atoms with Crippen molar-refractivity contribution in [2.45, 2.75) is 26.7 Å². The van der Waals surface area contributed by atoms with Gasteiger partial charge in [-0.2, -0.15) is 0 Å². The van der Waals surface area contributed by atoms with Gasteiger partial charge in [-0.05, 0) is 29.7 Å². The van der Waals surface area contributed by atoms with Gasteiger partial charge in [0.05, 0.1) is 0 Å². The van der Waals surface area contributed by atoms with Gasteiger partial charge in [0.1, 0.15) is 0 Å². The molecule has 1 aromatic rings. The highest BCUT2D eigenvalue weighted by Gasteiger charge is 2.10. The number of nitrogens with one attached hydrogen (secondary N) is 1. The number of aliphatic carboxylic acids is 1. The first-order chi connectivity index (χ1) is 9.97. The number of halogens is 1. The third-order valence-corrected chi connectivity index (χ3v) is 3.70. The molecule has 0 bridgehead atoms. The first-order valence-corrected chi connectivity index (χ1v) is 7.34. The van der Waals surface area contributed by atoms with Crippen LogP contribution in [0.25, 0.3) is 6.08 Å². The first-order valence-electron chi connectivity index (χ1n) is 6.96. The molecule has 0 spiro atoms. The van der Waals surface area contributed by atoms with E-state index in [1.54, 1.807) is 18.2 Å². The summed E-state index contributed by atoms with van der Waals surface area (Å²) in [5, 5.41) is 11.8. The van der Waals surface area contributed by atoms with Crippen LogP contribution < -0.4 is 5.32 Å². The van der Waals surface area contributed by atoms with Crippen molar-refractivity contribution in [2.75, 3.05) is 6.54 Å². The van der Waals surface area contributed by atoms with Crippen molar-refractivity contribution in [3.63, 3.8) is 0 Å². The van der Waals surface area contributed by atoms with E-state index in [-0.39, 0.29) is 5.91 Å². The van der Waals surface area contributed by atoms with Crippen LogP contribution in [0, 0.1) is 5.92 Å². The quantitative estimate of drug-likeness (QED) is 0.756. The number of carbonyl (C=O) groups excluding carboxylic acids is 1. The average Bonchev–Trinajstić information content (AvgIpc) is 2.46. The number of rotatable bonds is 7. The summed E-state index contributed by atoms with van der Waals surface area (Å²) in [6.45, 7) is 4.84. The SMILES string of the molecule is CCC(CC)CNC(=O)c1ccc(/C=C/C(=O)O)c(Cl)c1. The molecule has 114 valence electrons. The van der Waals surface area contributed by atoms with Gasteiger partial charge in [0.2, 0.25) is 0 Å². The molecule has 0 fully saturated rings. The Morgan fingerprint density at radius 1 is 1.33 bits per heavy atom. The van der Waals surface area contributed by atoms with Crippen LogP contribution in [-0.4, -0.2) is 23.5 Å². The van der Waals surface area contributed by atoms with Gasteiger partial charge in [-0.15, -0.1) is 0 Å². The fraction of sp³-hybridized carbons (Fsp3) is 0.375. The summed E-state index contributed by atoms with van der Waals surface area (Å²) in [4.78, 5) is 22.5. The molecule has 0 aliphatic heterocycles. The van der Waals surface area contributed by atoms with Crippen LogP contribution in [0.1, 0.15) is 42.6 Å². The van der Waals surface area contributed by atoms with Gasteiger partial charge in [0.25, 0.3) is 5.91 Å². The molecule has 0 radical (unpaired) electrons. The monoisotopic (exact) mass is 309 g/mol. The molecule has 0 heterocycles. The summed E-state index contributed by atoms with van der Waals surface area (Å²) < 4.78 is 0. The van der Waals surface area contributed by atoms with E-state index in [4.69, 9.17) is 16.7 Å². The van der Waals surface area contributed by atoms with Crippen LogP contribution in [0.3, 0.4) is 0 Å². The number of carboxylic acids is 1. The van der Waals surface area contributed by atoms with E-state index in [0.717, 1.165) is 18.9 Å². The second-order valence-electron chi connectivity index (χ2n) is 4.80. The molecule has 2 N–H and O–H groups in total. The molecule has 1 aromatic carbocycles. The van der Waals surface area contributed by atoms with Crippen molar-refractivity contribution in [3.05, 3.63) is 40.4 Å². The van der Waals surface area contributed by atoms with Crippen molar-refractivity contribution < 1.29 is 14.7 Å². The molecule has 0 aliphatic rings. The molecule has 0 unspecified atom stereocenters. The minimum atomic E-state index is -1.04. The number of benzene rings is 1. The largest absolute Gasteiger partial charge is 0.478 e. The smallest absolute Gasteiger partial charge is 0.328 e. The number of hydrogen-bond acceptors (Lipinski definition) is 2. The minimum absolute atomic E-state index is 0.169. The van der Waals surface area contributed by atoms with E-state index in [1.807, 2.05) is 0 Å². The van der Waals surface area contributed by atoms with E-state index in [2.05, 4.69) is 19.2 Å². The second kappa shape index (κ2) is 8.47. The van der Waals surface area contributed by atoms with Crippen LogP contribution in [0.2, 0.25) is 5.02 Å². The molecule has 0 saturated carbocycles. The molecule has 0 saturated heterocycles. The summed E-state index contributed by atoms with van der Waals surface area (Å²) in [6, 6.07) is 4.81. The maximum Gasteiger partial charge on any atom is 0.328 e. The molecule has 21 heavy (non-hydrogen) atoms. The topological polar surface area (TPSA) is 66.4 Å². The van der Waals surface area contributed by atoms with Crippen molar-refractivity contribution in [2.24, 2.45) is 5.92 Å². The average molecular weight is 310 g/mol. The standard InChI is InChI=1S/C16H20ClNO3/c1-3-11(4-2)10-18-16(21)13-6-5-12(14(17)9-13)7-8-15(19)20/h5-9,11H,3-4,10H2,1-2H3,(H,18,21)(H,19,20)/b8-7+. The normalized spacial score (nSPS) is 11.0. The Hall–Kier alpha value is -1.81. The van der Waals surface area contributed by atoms with Crippen molar-refractivity contribution >= 4 is 29.6 Å². The van der Waals surface area contributed by atoms with Crippen LogP contribution in [0.4, 0.5) is 0 Å². The summed E-state index contributed by atoms with van der Waals surface area (Å²) in [5.74, 6) is -0.738. The highest BCUT2D eigenvalue weighted by atomic mass is 35.5. The molecule has 0 atom stereocenters. The Morgan fingerprint density at radius 2 is 2.00 bits per heavy atom. The third-order valence-electron chi connectivity index (χ3n) is 3.37. The fourth-order valence-corrected chi connectivity index (χ4v) is 2.12. The lowest BCUT2D eigenvalue weighted by Crippen LogP contribution is -2.28. The van der Waals surface area contributed by atoms with E-state index in [0.29, 0.717) is 28.6 Å². The summed E-state index contributed by atoms with van der Waals surface area (Å²) in [6.07, 6.45) is 4.46. The van der Waals surface area contributed by atoms with Gasteiger partial charge in [-0.25, -0.2) is 4.79 Å². The maximum absolute atomic E-state index is 12.0. The Labute approximate surface area is 129 Å². The number of hydrogen-bond donors (Lipinski definition) is 2. The first kappa shape index (κ1) is 17.2. The Morgan fingerprint density at radius 3 is 2.52 bits per heavy atom. The van der Waals surface area contributed by atoms with E-state index in [9.17, 15) is 9.59 Å². The summed E-state index contributed by atoms with van der Waals surface area (Å²) in [7, 11) is 0. The van der Waals surface area contributed by atoms with E-state index < -0.39 is 5.97 Å². The highest BCUT2D eigenvalue weighted by Crippen LogP contribution is 2.19. The van der Waals surface area contributed by atoms with Crippen LogP contribution in [0.5, 0.6) is 0 Å². The lowest BCUT2D eigenvalue weighted by atomic mass is 10.0. The van der Waals surface area contributed by atoms with Crippen molar-refractivity contribution in [1.29, 1.82) is 0 Å².